The summed E-state index contributed by atoms with van der Waals surface area (Å²) in [4.78, 5) is 23.1. The van der Waals surface area contributed by atoms with E-state index >= 15 is 0 Å². The molecule has 4 nitrogen and oxygen atoms in total. The van der Waals surface area contributed by atoms with Gasteiger partial charge in [0, 0.05) is 10.2 Å². The van der Waals surface area contributed by atoms with Gasteiger partial charge in [-0.15, -0.1) is 11.3 Å². The van der Waals surface area contributed by atoms with Crippen LogP contribution < -0.4 is 5.32 Å². The number of carboxylic acid groups (broad SMARTS) is 1. The fourth-order valence-corrected chi connectivity index (χ4v) is 4.77. The minimum atomic E-state index is -1.05. The number of hydrogen-bond donors (Lipinski definition) is 2. The van der Waals surface area contributed by atoms with Crippen LogP contribution in [0.4, 0.5) is 5.69 Å². The number of halogens is 3. The SMILES string of the molecule is O=C(O)c1cc(Br)cc(NC(=O)c2cc(Br)sc2Br)c1. The third kappa shape index (κ3) is 3.69. The van der Waals surface area contributed by atoms with Gasteiger partial charge in [0.25, 0.3) is 5.91 Å². The van der Waals surface area contributed by atoms with Gasteiger partial charge >= 0.3 is 5.97 Å². The zero-order chi connectivity index (χ0) is 14.9. The maximum absolute atomic E-state index is 12.1. The molecule has 0 aliphatic rings. The summed E-state index contributed by atoms with van der Waals surface area (Å²) in [5, 5.41) is 11.7. The summed E-state index contributed by atoms with van der Waals surface area (Å²) in [6.07, 6.45) is 0. The van der Waals surface area contributed by atoms with E-state index in [9.17, 15) is 9.59 Å². The Hall–Kier alpha value is -0.700. The number of benzene rings is 1. The highest BCUT2D eigenvalue weighted by Gasteiger charge is 2.15. The zero-order valence-electron chi connectivity index (χ0n) is 9.62. The lowest BCUT2D eigenvalue weighted by molar-refractivity contribution is 0.0696. The van der Waals surface area contributed by atoms with E-state index in [1.807, 2.05) is 0 Å². The van der Waals surface area contributed by atoms with Crippen molar-refractivity contribution in [2.45, 2.75) is 0 Å². The monoisotopic (exact) mass is 481 g/mol. The Morgan fingerprint density at radius 2 is 1.80 bits per heavy atom. The predicted octanol–water partition coefficient (Wildman–Crippen LogP) is 4.99. The first-order valence-corrected chi connectivity index (χ1v) is 8.36. The van der Waals surface area contributed by atoms with Crippen LogP contribution in [0.15, 0.2) is 36.3 Å². The lowest BCUT2D eigenvalue weighted by atomic mass is 10.2. The van der Waals surface area contributed by atoms with Crippen LogP contribution in [0.3, 0.4) is 0 Å². The van der Waals surface area contributed by atoms with E-state index in [0.717, 1.165) is 3.79 Å². The molecule has 0 atom stereocenters. The van der Waals surface area contributed by atoms with Gasteiger partial charge in [0.1, 0.15) is 0 Å². The third-order valence-corrected chi connectivity index (χ3v) is 5.10. The summed E-state index contributed by atoms with van der Waals surface area (Å²) in [7, 11) is 0. The van der Waals surface area contributed by atoms with Gasteiger partial charge in [-0.1, -0.05) is 15.9 Å². The van der Waals surface area contributed by atoms with Gasteiger partial charge < -0.3 is 10.4 Å². The second-order valence-corrected chi connectivity index (χ2v) is 8.39. The van der Waals surface area contributed by atoms with Crippen molar-refractivity contribution < 1.29 is 14.7 Å². The molecule has 1 aromatic heterocycles. The molecule has 20 heavy (non-hydrogen) atoms. The molecule has 2 rings (SSSR count). The van der Waals surface area contributed by atoms with Crippen molar-refractivity contribution in [3.05, 3.63) is 47.4 Å². The fraction of sp³-hybridized carbons (Fsp3) is 0. The summed E-state index contributed by atoms with van der Waals surface area (Å²) in [6.45, 7) is 0. The van der Waals surface area contributed by atoms with Crippen LogP contribution in [0.25, 0.3) is 0 Å². The minimum absolute atomic E-state index is 0.0974. The van der Waals surface area contributed by atoms with E-state index in [0.29, 0.717) is 19.5 Å². The van der Waals surface area contributed by atoms with Crippen LogP contribution in [0.2, 0.25) is 0 Å². The van der Waals surface area contributed by atoms with E-state index in [2.05, 4.69) is 53.1 Å². The van der Waals surface area contributed by atoms with Crippen molar-refractivity contribution in [2.24, 2.45) is 0 Å². The van der Waals surface area contributed by atoms with Crippen molar-refractivity contribution in [3.8, 4) is 0 Å². The quantitative estimate of drug-likeness (QED) is 0.646. The molecule has 0 saturated heterocycles. The largest absolute Gasteiger partial charge is 0.478 e. The van der Waals surface area contributed by atoms with E-state index in [4.69, 9.17) is 5.11 Å². The second-order valence-electron chi connectivity index (χ2n) is 3.73. The molecular formula is C12H6Br3NO3S. The Kier molecular flexibility index (Phi) is 5.00. The maximum Gasteiger partial charge on any atom is 0.335 e. The molecule has 2 aromatic rings. The highest BCUT2D eigenvalue weighted by Crippen LogP contribution is 2.32. The van der Waals surface area contributed by atoms with Crippen molar-refractivity contribution in [1.82, 2.24) is 0 Å². The van der Waals surface area contributed by atoms with Crippen LogP contribution in [0, 0.1) is 0 Å². The smallest absolute Gasteiger partial charge is 0.335 e. The Bertz CT molecular complexity index is 699. The molecule has 0 spiro atoms. The van der Waals surface area contributed by atoms with Crippen LogP contribution in [0.1, 0.15) is 20.7 Å². The van der Waals surface area contributed by atoms with Crippen molar-refractivity contribution in [1.29, 1.82) is 0 Å². The van der Waals surface area contributed by atoms with E-state index in [-0.39, 0.29) is 11.5 Å². The number of hydrogen-bond acceptors (Lipinski definition) is 3. The average Bonchev–Trinajstić information content (AvgIpc) is 2.67. The highest BCUT2D eigenvalue weighted by molar-refractivity contribution is 9.12. The first kappa shape index (κ1) is 15.7. The lowest BCUT2D eigenvalue weighted by Crippen LogP contribution is -2.12. The number of carboxylic acids is 1. The first-order chi connectivity index (χ1) is 9.36. The molecule has 0 radical (unpaired) electrons. The van der Waals surface area contributed by atoms with E-state index < -0.39 is 5.97 Å². The number of carbonyl (C=O) groups excluding carboxylic acids is 1. The normalized spacial score (nSPS) is 10.3. The lowest BCUT2D eigenvalue weighted by Gasteiger charge is -2.06. The molecule has 1 heterocycles. The van der Waals surface area contributed by atoms with Gasteiger partial charge in [-0.3, -0.25) is 4.79 Å². The van der Waals surface area contributed by atoms with Gasteiger partial charge in [-0.2, -0.15) is 0 Å². The van der Waals surface area contributed by atoms with Gasteiger partial charge in [-0.25, -0.2) is 4.79 Å². The number of amides is 1. The number of aromatic carboxylic acids is 1. The predicted molar refractivity (Wildman–Crippen MR) is 88.8 cm³/mol. The summed E-state index contributed by atoms with van der Waals surface area (Å²) in [6, 6.07) is 6.20. The molecule has 1 amide bonds. The van der Waals surface area contributed by atoms with Crippen molar-refractivity contribution >= 4 is 76.7 Å². The number of anilines is 1. The number of rotatable bonds is 3. The third-order valence-electron chi connectivity index (χ3n) is 2.30. The van der Waals surface area contributed by atoms with E-state index in [1.54, 1.807) is 12.1 Å². The molecule has 8 heteroatoms. The molecule has 0 fully saturated rings. The molecule has 0 saturated carbocycles. The van der Waals surface area contributed by atoms with E-state index in [1.165, 1.54) is 23.5 Å². The second kappa shape index (κ2) is 6.38. The number of carbonyl (C=O) groups is 2. The molecule has 0 aliphatic carbocycles. The summed E-state index contributed by atoms with van der Waals surface area (Å²) < 4.78 is 2.11. The van der Waals surface area contributed by atoms with Gasteiger partial charge in [0.05, 0.1) is 18.7 Å². The first-order valence-electron chi connectivity index (χ1n) is 5.17. The van der Waals surface area contributed by atoms with Gasteiger partial charge in [0.2, 0.25) is 0 Å². The summed E-state index contributed by atoms with van der Waals surface area (Å²) >= 11 is 11.2. The Balaban J connectivity index is 2.28. The van der Waals surface area contributed by atoms with Crippen LogP contribution >= 0.6 is 59.1 Å². The number of thiophene rings is 1. The molecular weight excluding hydrogens is 478 g/mol. The van der Waals surface area contributed by atoms with Crippen molar-refractivity contribution in [2.75, 3.05) is 5.32 Å². The van der Waals surface area contributed by atoms with Crippen LogP contribution in [-0.4, -0.2) is 17.0 Å². The molecule has 2 N–H and O–H groups in total. The molecule has 0 unspecified atom stereocenters. The summed E-state index contributed by atoms with van der Waals surface area (Å²) in [5.41, 5.74) is 0.995. The number of nitrogens with one attached hydrogen (secondary N) is 1. The van der Waals surface area contributed by atoms with Crippen LogP contribution in [-0.2, 0) is 0 Å². The molecule has 1 aromatic carbocycles. The van der Waals surface area contributed by atoms with Crippen LogP contribution in [0.5, 0.6) is 0 Å². The Labute approximate surface area is 143 Å². The minimum Gasteiger partial charge on any atom is -0.478 e. The Morgan fingerprint density at radius 3 is 2.35 bits per heavy atom. The molecule has 0 bridgehead atoms. The zero-order valence-corrected chi connectivity index (χ0v) is 15.2. The summed E-state index contributed by atoms with van der Waals surface area (Å²) in [5.74, 6) is -1.37. The highest BCUT2D eigenvalue weighted by atomic mass is 79.9. The standard InChI is InChI=1S/C12H6Br3NO3S/c13-6-1-5(12(18)19)2-7(3-6)16-11(17)8-4-9(14)20-10(8)15/h1-4H,(H,16,17)(H,18,19). The van der Waals surface area contributed by atoms with Gasteiger partial charge in [-0.05, 0) is 56.1 Å². The maximum atomic E-state index is 12.1. The Morgan fingerprint density at radius 1 is 1.10 bits per heavy atom. The fourth-order valence-electron chi connectivity index (χ4n) is 1.48. The van der Waals surface area contributed by atoms with Gasteiger partial charge in [0.15, 0.2) is 0 Å². The average molecular weight is 484 g/mol. The topological polar surface area (TPSA) is 66.4 Å². The molecule has 104 valence electrons. The molecule has 0 aliphatic heterocycles. The van der Waals surface area contributed by atoms with Crippen molar-refractivity contribution in [3.63, 3.8) is 0 Å².